The van der Waals surface area contributed by atoms with Crippen molar-refractivity contribution < 1.29 is 9.59 Å². The number of hydrogen-bond donors (Lipinski definition) is 0. The molecule has 0 unspecified atom stereocenters. The van der Waals surface area contributed by atoms with Gasteiger partial charge in [0.25, 0.3) is 0 Å². The maximum atomic E-state index is 11.4. The molecule has 0 saturated heterocycles. The second kappa shape index (κ2) is 6.01. The smallest absolute Gasteiger partial charge is 0.146 e. The van der Waals surface area contributed by atoms with Gasteiger partial charge < -0.3 is 0 Å². The van der Waals surface area contributed by atoms with Gasteiger partial charge in [0.2, 0.25) is 0 Å². The average molecular weight is 213 g/mol. The summed E-state index contributed by atoms with van der Waals surface area (Å²) in [6, 6.07) is 0. The molecule has 0 spiro atoms. The predicted molar refractivity (Wildman–Crippen MR) is 61.9 cm³/mol. The summed E-state index contributed by atoms with van der Waals surface area (Å²) in [5, 5.41) is 0. The Balaban J connectivity index is 4.46. The van der Waals surface area contributed by atoms with E-state index in [-0.39, 0.29) is 17.1 Å². The maximum Gasteiger partial charge on any atom is 0.146 e. The summed E-state index contributed by atoms with van der Waals surface area (Å²) in [6.45, 7) is 10.5. The van der Waals surface area contributed by atoms with E-state index in [9.17, 15) is 9.59 Å². The van der Waals surface area contributed by atoms with Crippen LogP contribution in [0.15, 0.2) is 0 Å². The van der Waals surface area contributed by atoms with Crippen molar-refractivity contribution in [3.63, 3.8) is 0 Å². The van der Waals surface area contributed by atoms with E-state index in [0.29, 0.717) is 25.9 Å². The molecule has 0 saturated carbocycles. The molecule has 3 heteroatoms. The van der Waals surface area contributed by atoms with Crippen molar-refractivity contribution >= 4 is 11.6 Å². The zero-order valence-electron chi connectivity index (χ0n) is 10.6. The molecule has 0 radical (unpaired) electrons. The molecule has 0 aromatic carbocycles. The summed E-state index contributed by atoms with van der Waals surface area (Å²) in [5.74, 6) is 0.377. The molecular weight excluding hydrogens is 190 g/mol. The van der Waals surface area contributed by atoms with Crippen LogP contribution in [0.1, 0.15) is 47.5 Å². The standard InChI is InChI=1S/C12H23NO2/c1-6-10(14)8-13(12(3,4)5)9-11(15)7-2/h6-9H2,1-5H3. The van der Waals surface area contributed by atoms with Gasteiger partial charge >= 0.3 is 0 Å². The summed E-state index contributed by atoms with van der Waals surface area (Å²) in [6.07, 6.45) is 1.07. The lowest BCUT2D eigenvalue weighted by molar-refractivity contribution is -0.124. The second-order valence-electron chi connectivity index (χ2n) is 4.81. The van der Waals surface area contributed by atoms with Gasteiger partial charge in [0.15, 0.2) is 0 Å². The SMILES string of the molecule is CCC(=O)CN(CC(=O)CC)C(C)(C)C. The van der Waals surface area contributed by atoms with E-state index >= 15 is 0 Å². The molecule has 0 aliphatic carbocycles. The molecule has 0 fully saturated rings. The number of carbonyl (C=O) groups excluding carboxylic acids is 2. The molecule has 3 nitrogen and oxygen atoms in total. The van der Waals surface area contributed by atoms with Gasteiger partial charge in [-0.3, -0.25) is 14.5 Å². The fourth-order valence-electron chi connectivity index (χ4n) is 1.18. The minimum absolute atomic E-state index is 0.129. The Kier molecular flexibility index (Phi) is 5.73. The van der Waals surface area contributed by atoms with E-state index in [4.69, 9.17) is 0 Å². The predicted octanol–water partition coefficient (Wildman–Crippen LogP) is 2.05. The third-order valence-electron chi connectivity index (χ3n) is 2.47. The van der Waals surface area contributed by atoms with E-state index < -0.39 is 0 Å². The lowest BCUT2D eigenvalue weighted by Crippen LogP contribution is -2.46. The summed E-state index contributed by atoms with van der Waals surface area (Å²) in [4.78, 5) is 24.7. The maximum absolute atomic E-state index is 11.4. The highest BCUT2D eigenvalue weighted by Gasteiger charge is 2.24. The Morgan fingerprint density at radius 3 is 1.47 bits per heavy atom. The van der Waals surface area contributed by atoms with Crippen LogP contribution >= 0.6 is 0 Å². The van der Waals surface area contributed by atoms with E-state index in [1.54, 1.807) is 0 Å². The Bertz CT molecular complexity index is 210. The molecule has 0 rings (SSSR count). The zero-order chi connectivity index (χ0) is 12.1. The molecule has 15 heavy (non-hydrogen) atoms. The highest BCUT2D eigenvalue weighted by molar-refractivity contribution is 5.83. The van der Waals surface area contributed by atoms with Crippen LogP contribution in [0.4, 0.5) is 0 Å². The van der Waals surface area contributed by atoms with Crippen LogP contribution in [0.5, 0.6) is 0 Å². The number of Topliss-reactive ketones (excluding diaryl/α,β-unsaturated/α-hetero) is 2. The van der Waals surface area contributed by atoms with Gasteiger partial charge in [-0.1, -0.05) is 13.8 Å². The first kappa shape index (κ1) is 14.3. The lowest BCUT2D eigenvalue weighted by atomic mass is 10.0. The van der Waals surface area contributed by atoms with Gasteiger partial charge in [0, 0.05) is 18.4 Å². The van der Waals surface area contributed by atoms with E-state index in [0.717, 1.165) is 0 Å². The minimum atomic E-state index is -0.129. The molecule has 0 heterocycles. The summed E-state index contributed by atoms with van der Waals surface area (Å²) in [5.41, 5.74) is -0.129. The first-order valence-electron chi connectivity index (χ1n) is 5.59. The number of nitrogens with zero attached hydrogens (tertiary/aromatic N) is 1. The molecule has 0 aromatic heterocycles. The van der Waals surface area contributed by atoms with Crippen molar-refractivity contribution in [3.05, 3.63) is 0 Å². The Labute approximate surface area is 92.8 Å². The van der Waals surface area contributed by atoms with Crippen molar-refractivity contribution in [1.29, 1.82) is 0 Å². The first-order valence-corrected chi connectivity index (χ1v) is 5.59. The highest BCUT2D eigenvalue weighted by Crippen LogP contribution is 2.13. The van der Waals surface area contributed by atoms with Gasteiger partial charge in [-0.25, -0.2) is 0 Å². The lowest BCUT2D eigenvalue weighted by Gasteiger charge is -2.34. The van der Waals surface area contributed by atoms with Gasteiger partial charge in [-0.15, -0.1) is 0 Å². The minimum Gasteiger partial charge on any atom is -0.298 e. The summed E-state index contributed by atoms with van der Waals surface area (Å²) in [7, 11) is 0. The largest absolute Gasteiger partial charge is 0.298 e. The van der Waals surface area contributed by atoms with E-state index in [2.05, 4.69) is 0 Å². The topological polar surface area (TPSA) is 37.4 Å². The molecule has 88 valence electrons. The van der Waals surface area contributed by atoms with Crippen LogP contribution in [-0.2, 0) is 9.59 Å². The fraction of sp³-hybridized carbons (Fsp3) is 0.833. The van der Waals surface area contributed by atoms with E-state index in [1.807, 2.05) is 39.5 Å². The molecule has 0 amide bonds. The Morgan fingerprint density at radius 1 is 0.933 bits per heavy atom. The molecule has 0 atom stereocenters. The number of carbonyl (C=O) groups is 2. The van der Waals surface area contributed by atoms with Gasteiger partial charge in [0.05, 0.1) is 13.1 Å². The highest BCUT2D eigenvalue weighted by atomic mass is 16.1. The molecule has 0 aromatic rings. The van der Waals surface area contributed by atoms with Crippen molar-refractivity contribution in [3.8, 4) is 0 Å². The van der Waals surface area contributed by atoms with Gasteiger partial charge in [-0.2, -0.15) is 0 Å². The van der Waals surface area contributed by atoms with Crippen molar-refractivity contribution in [2.45, 2.75) is 53.0 Å². The van der Waals surface area contributed by atoms with Crippen LogP contribution in [0, 0.1) is 0 Å². The molecule has 0 bridgehead atoms. The fourth-order valence-corrected chi connectivity index (χ4v) is 1.18. The molecule has 0 aliphatic rings. The third-order valence-corrected chi connectivity index (χ3v) is 2.47. The molecule has 0 N–H and O–H groups in total. The number of ketones is 2. The molecule has 0 aliphatic heterocycles. The van der Waals surface area contributed by atoms with Crippen molar-refractivity contribution in [2.75, 3.05) is 13.1 Å². The summed E-state index contributed by atoms with van der Waals surface area (Å²) < 4.78 is 0. The quantitative estimate of drug-likeness (QED) is 0.677. The van der Waals surface area contributed by atoms with Crippen LogP contribution < -0.4 is 0 Å². The number of rotatable bonds is 6. The van der Waals surface area contributed by atoms with Gasteiger partial charge in [0.1, 0.15) is 11.6 Å². The van der Waals surface area contributed by atoms with Crippen LogP contribution in [0.25, 0.3) is 0 Å². The molecular formula is C12H23NO2. The van der Waals surface area contributed by atoms with Gasteiger partial charge in [-0.05, 0) is 20.8 Å². The zero-order valence-corrected chi connectivity index (χ0v) is 10.6. The monoisotopic (exact) mass is 213 g/mol. The average Bonchev–Trinajstić information content (AvgIpc) is 2.14. The van der Waals surface area contributed by atoms with E-state index in [1.165, 1.54) is 0 Å². The van der Waals surface area contributed by atoms with Crippen LogP contribution in [-0.4, -0.2) is 35.1 Å². The van der Waals surface area contributed by atoms with Crippen molar-refractivity contribution in [2.24, 2.45) is 0 Å². The number of hydrogen-bond acceptors (Lipinski definition) is 3. The third kappa shape index (κ3) is 5.67. The van der Waals surface area contributed by atoms with Crippen LogP contribution in [0.3, 0.4) is 0 Å². The normalized spacial score (nSPS) is 11.9. The van der Waals surface area contributed by atoms with Crippen LogP contribution in [0.2, 0.25) is 0 Å². The Hall–Kier alpha value is -0.700. The second-order valence-corrected chi connectivity index (χ2v) is 4.81. The summed E-state index contributed by atoms with van der Waals surface area (Å²) >= 11 is 0. The Morgan fingerprint density at radius 2 is 1.27 bits per heavy atom. The first-order chi connectivity index (χ1) is 6.81. The van der Waals surface area contributed by atoms with Crippen molar-refractivity contribution in [1.82, 2.24) is 4.90 Å².